The Morgan fingerprint density at radius 1 is 1.36 bits per heavy atom. The molecule has 0 aliphatic heterocycles. The van der Waals surface area contributed by atoms with E-state index in [1.54, 1.807) is 7.11 Å². The Balaban J connectivity index is 3.20. The van der Waals surface area contributed by atoms with Crippen LogP contribution in [0.25, 0.3) is 0 Å². The molecule has 11 heavy (non-hydrogen) atoms. The van der Waals surface area contributed by atoms with Crippen LogP contribution in [-0.4, -0.2) is 21.0 Å². The second-order valence-corrected chi connectivity index (χ2v) is 3.00. The van der Waals surface area contributed by atoms with Gasteiger partial charge in [0.05, 0.1) is 0 Å². The number of hydrogen-bond donors (Lipinski definition) is 0. The van der Waals surface area contributed by atoms with Gasteiger partial charge >= 0.3 is 0 Å². The van der Waals surface area contributed by atoms with Crippen molar-refractivity contribution in [3.8, 4) is 0 Å². The summed E-state index contributed by atoms with van der Waals surface area (Å²) in [6.45, 7) is 5.33. The van der Waals surface area contributed by atoms with Crippen molar-refractivity contribution in [2.45, 2.75) is 45.2 Å². The number of unbranched alkanes of at least 4 members (excludes halogenated alkanes) is 1. The normalized spacial score (nSPS) is 13.0. The summed E-state index contributed by atoms with van der Waals surface area (Å²) in [4.78, 5) is 0. The van der Waals surface area contributed by atoms with Gasteiger partial charge in [0, 0.05) is 13.7 Å². The maximum absolute atomic E-state index is 5.09. The Labute approximate surface area is 71.8 Å². The van der Waals surface area contributed by atoms with E-state index in [1.165, 1.54) is 25.6 Å². The van der Waals surface area contributed by atoms with E-state index in [-0.39, 0.29) is 0 Å². The van der Waals surface area contributed by atoms with Crippen LogP contribution < -0.4 is 0 Å². The van der Waals surface area contributed by atoms with Crippen LogP contribution in [0.1, 0.15) is 33.1 Å². The van der Waals surface area contributed by atoms with E-state index in [0.717, 1.165) is 6.61 Å². The zero-order valence-electron chi connectivity index (χ0n) is 8.10. The molecule has 1 radical (unpaired) electrons. The van der Waals surface area contributed by atoms with E-state index >= 15 is 0 Å². The molecular weight excluding hydrogens is 135 g/mol. The molecule has 0 rings (SSSR count). The lowest BCUT2D eigenvalue weighted by Crippen LogP contribution is -2.08. The summed E-state index contributed by atoms with van der Waals surface area (Å²) in [6.07, 6.45) is 5.07. The van der Waals surface area contributed by atoms with Gasteiger partial charge in [-0.25, -0.2) is 0 Å². The highest BCUT2D eigenvalue weighted by Crippen LogP contribution is 2.11. The first-order valence-corrected chi connectivity index (χ1v) is 4.67. The highest BCUT2D eigenvalue weighted by atomic mass is 16.5. The molecule has 0 amide bonds. The van der Waals surface area contributed by atoms with Gasteiger partial charge in [0.2, 0.25) is 0 Å². The second kappa shape index (κ2) is 8.12. The molecule has 65 valence electrons. The summed E-state index contributed by atoms with van der Waals surface area (Å²) < 4.78 is 5.09. The van der Waals surface area contributed by atoms with Crippen molar-refractivity contribution in [3.63, 3.8) is 0 Å². The summed E-state index contributed by atoms with van der Waals surface area (Å²) in [6, 6.07) is 0. The topological polar surface area (TPSA) is 9.23 Å². The SMILES string of the molecule is CCCC[B]C(CC)COC. The molecule has 0 heterocycles. The van der Waals surface area contributed by atoms with Gasteiger partial charge in [0.1, 0.15) is 7.28 Å². The zero-order chi connectivity index (χ0) is 8.53. The fourth-order valence-corrected chi connectivity index (χ4v) is 1.12. The minimum Gasteiger partial charge on any atom is -0.385 e. The molecule has 0 saturated carbocycles. The van der Waals surface area contributed by atoms with Crippen LogP contribution in [0.5, 0.6) is 0 Å². The third kappa shape index (κ3) is 6.42. The Bertz CT molecular complexity index is 76.0. The van der Waals surface area contributed by atoms with Crippen molar-refractivity contribution in [3.05, 3.63) is 0 Å². The predicted molar refractivity (Wildman–Crippen MR) is 51.4 cm³/mol. The first-order valence-electron chi connectivity index (χ1n) is 4.67. The smallest absolute Gasteiger partial charge is 0.116 e. The van der Waals surface area contributed by atoms with Gasteiger partial charge in [-0.1, -0.05) is 39.4 Å². The maximum Gasteiger partial charge on any atom is 0.116 e. The van der Waals surface area contributed by atoms with E-state index in [1.807, 2.05) is 0 Å². The molecule has 0 fully saturated rings. The molecule has 0 aromatic heterocycles. The van der Waals surface area contributed by atoms with Gasteiger partial charge in [-0.3, -0.25) is 0 Å². The van der Waals surface area contributed by atoms with Gasteiger partial charge in [0.15, 0.2) is 0 Å². The first-order chi connectivity index (χ1) is 5.35. The van der Waals surface area contributed by atoms with Crippen molar-refractivity contribution >= 4 is 7.28 Å². The molecule has 0 aromatic rings. The zero-order valence-corrected chi connectivity index (χ0v) is 8.10. The van der Waals surface area contributed by atoms with Crippen molar-refractivity contribution in [2.75, 3.05) is 13.7 Å². The minimum atomic E-state index is 0.673. The lowest BCUT2D eigenvalue weighted by atomic mass is 9.60. The molecule has 0 N–H and O–H groups in total. The number of rotatable bonds is 7. The summed E-state index contributed by atoms with van der Waals surface area (Å²) in [5.41, 5.74) is 0. The lowest BCUT2D eigenvalue weighted by molar-refractivity contribution is 0.194. The third-order valence-electron chi connectivity index (χ3n) is 1.96. The molecule has 2 heteroatoms. The molecule has 0 spiro atoms. The van der Waals surface area contributed by atoms with Crippen LogP contribution >= 0.6 is 0 Å². The molecule has 0 aromatic carbocycles. The van der Waals surface area contributed by atoms with Crippen LogP contribution in [0.2, 0.25) is 12.1 Å². The lowest BCUT2D eigenvalue weighted by Gasteiger charge is -2.11. The van der Waals surface area contributed by atoms with Gasteiger partial charge in [0.25, 0.3) is 0 Å². The van der Waals surface area contributed by atoms with E-state index in [2.05, 4.69) is 21.1 Å². The van der Waals surface area contributed by atoms with E-state index in [9.17, 15) is 0 Å². The maximum atomic E-state index is 5.09. The minimum absolute atomic E-state index is 0.673. The van der Waals surface area contributed by atoms with Crippen LogP contribution in [0.4, 0.5) is 0 Å². The second-order valence-electron chi connectivity index (χ2n) is 3.00. The molecule has 0 aliphatic rings. The van der Waals surface area contributed by atoms with E-state index in [4.69, 9.17) is 4.74 Å². The van der Waals surface area contributed by atoms with Gasteiger partial charge < -0.3 is 4.74 Å². The molecule has 1 atom stereocenters. The Kier molecular flexibility index (Phi) is 8.14. The third-order valence-corrected chi connectivity index (χ3v) is 1.96. The Morgan fingerprint density at radius 3 is 2.55 bits per heavy atom. The molecule has 0 bridgehead atoms. The fourth-order valence-electron chi connectivity index (χ4n) is 1.12. The predicted octanol–water partition coefficient (Wildman–Crippen LogP) is 2.75. The highest BCUT2D eigenvalue weighted by Gasteiger charge is 2.05. The van der Waals surface area contributed by atoms with Crippen LogP contribution in [0, 0.1) is 0 Å². The molecule has 1 unspecified atom stereocenters. The largest absolute Gasteiger partial charge is 0.385 e. The Hall–Kier alpha value is 0.0249. The highest BCUT2D eigenvalue weighted by molar-refractivity contribution is 6.37. The van der Waals surface area contributed by atoms with Crippen molar-refractivity contribution in [2.24, 2.45) is 0 Å². The van der Waals surface area contributed by atoms with E-state index < -0.39 is 0 Å². The summed E-state index contributed by atoms with van der Waals surface area (Å²) in [5, 5.41) is 0. The summed E-state index contributed by atoms with van der Waals surface area (Å²) in [5.74, 6) is 0.673. The summed E-state index contributed by atoms with van der Waals surface area (Å²) in [7, 11) is 4.17. The van der Waals surface area contributed by atoms with Crippen LogP contribution in [0.3, 0.4) is 0 Å². The molecule has 0 aliphatic carbocycles. The Morgan fingerprint density at radius 2 is 2.09 bits per heavy atom. The monoisotopic (exact) mass is 155 g/mol. The van der Waals surface area contributed by atoms with Crippen LogP contribution in [0.15, 0.2) is 0 Å². The van der Waals surface area contributed by atoms with Gasteiger partial charge in [-0.15, -0.1) is 0 Å². The average molecular weight is 155 g/mol. The quantitative estimate of drug-likeness (QED) is 0.405. The number of hydrogen-bond acceptors (Lipinski definition) is 1. The van der Waals surface area contributed by atoms with Gasteiger partial charge in [-0.05, 0) is 5.82 Å². The summed E-state index contributed by atoms with van der Waals surface area (Å²) >= 11 is 0. The molecule has 1 nitrogen and oxygen atoms in total. The van der Waals surface area contributed by atoms with Gasteiger partial charge in [-0.2, -0.15) is 0 Å². The van der Waals surface area contributed by atoms with E-state index in [0.29, 0.717) is 5.82 Å². The fraction of sp³-hybridized carbons (Fsp3) is 1.00. The number of ether oxygens (including phenoxy) is 1. The van der Waals surface area contributed by atoms with Crippen LogP contribution in [-0.2, 0) is 4.74 Å². The standard InChI is InChI=1S/C9H20BO/c1-4-6-7-10-9(5-2)8-11-3/h9H,4-8H2,1-3H3. The van der Waals surface area contributed by atoms with Crippen molar-refractivity contribution < 1.29 is 4.74 Å². The average Bonchev–Trinajstić information content (AvgIpc) is 2.03. The van der Waals surface area contributed by atoms with Crippen molar-refractivity contribution in [1.82, 2.24) is 0 Å². The molecular formula is C9H20BO. The molecule has 0 saturated heterocycles. The first kappa shape index (κ1) is 11.0. The van der Waals surface area contributed by atoms with Crippen molar-refractivity contribution in [1.29, 1.82) is 0 Å². The number of methoxy groups -OCH3 is 1.